The second-order valence-corrected chi connectivity index (χ2v) is 6.18. The highest BCUT2D eigenvalue weighted by molar-refractivity contribution is 5.94. The number of fused-ring (bicyclic) bond motifs is 4. The van der Waals surface area contributed by atoms with Crippen molar-refractivity contribution in [2.45, 2.75) is 12.3 Å². The van der Waals surface area contributed by atoms with Crippen LogP contribution >= 0.6 is 0 Å². The van der Waals surface area contributed by atoms with Gasteiger partial charge in [0.05, 0.1) is 0 Å². The lowest BCUT2D eigenvalue weighted by Crippen LogP contribution is -2.04. The first-order valence-electron chi connectivity index (χ1n) is 8.06. The highest BCUT2D eigenvalue weighted by Gasteiger charge is 2.32. The van der Waals surface area contributed by atoms with Crippen molar-refractivity contribution in [1.29, 1.82) is 0 Å². The molecule has 0 N–H and O–H groups in total. The van der Waals surface area contributed by atoms with Crippen LogP contribution in [0.25, 0.3) is 16.3 Å². The minimum Gasteiger partial charge on any atom is -0.461 e. The van der Waals surface area contributed by atoms with E-state index >= 15 is 0 Å². The van der Waals surface area contributed by atoms with Crippen LogP contribution in [0.4, 0.5) is 0 Å². The van der Waals surface area contributed by atoms with Crippen LogP contribution in [-0.2, 0) is 0 Å². The van der Waals surface area contributed by atoms with Gasteiger partial charge in [-0.15, -0.1) is 0 Å². The Morgan fingerprint density at radius 1 is 0.783 bits per heavy atom. The quantitative estimate of drug-likeness (QED) is 0.560. The summed E-state index contributed by atoms with van der Waals surface area (Å²) in [5.41, 5.74) is 4.03. The summed E-state index contributed by atoms with van der Waals surface area (Å²) in [6.07, 6.45) is 5.36. The van der Waals surface area contributed by atoms with E-state index in [2.05, 4.69) is 72.8 Å². The molecule has 1 aliphatic carbocycles. The van der Waals surface area contributed by atoms with Gasteiger partial charge in [-0.1, -0.05) is 66.7 Å². The zero-order valence-electron chi connectivity index (χ0n) is 12.7. The third kappa shape index (κ3) is 1.93. The van der Waals surface area contributed by atoms with Crippen molar-refractivity contribution in [3.05, 3.63) is 95.8 Å². The largest absolute Gasteiger partial charge is 0.461 e. The van der Waals surface area contributed by atoms with Gasteiger partial charge in [-0.05, 0) is 40.5 Å². The first-order valence-corrected chi connectivity index (χ1v) is 8.06. The van der Waals surface area contributed by atoms with E-state index in [1.807, 2.05) is 6.07 Å². The molecule has 110 valence electrons. The maximum absolute atomic E-state index is 6.00. The molecule has 0 spiro atoms. The Morgan fingerprint density at radius 2 is 1.61 bits per heavy atom. The van der Waals surface area contributed by atoms with Crippen molar-refractivity contribution in [3.63, 3.8) is 0 Å². The molecule has 0 radical (unpaired) electrons. The van der Waals surface area contributed by atoms with Crippen LogP contribution in [0.2, 0.25) is 0 Å². The molecule has 1 atom stereocenters. The lowest BCUT2D eigenvalue weighted by atomic mass is 9.84. The van der Waals surface area contributed by atoms with Gasteiger partial charge in [0.1, 0.15) is 11.5 Å². The highest BCUT2D eigenvalue weighted by Crippen LogP contribution is 2.47. The van der Waals surface area contributed by atoms with E-state index in [0.717, 1.165) is 17.9 Å². The Balaban J connectivity index is 1.61. The number of hydrogen-bond acceptors (Lipinski definition) is 1. The van der Waals surface area contributed by atoms with E-state index in [9.17, 15) is 0 Å². The molecule has 1 nitrogen and oxygen atoms in total. The lowest BCUT2D eigenvalue weighted by Gasteiger charge is -2.19. The van der Waals surface area contributed by atoms with Crippen LogP contribution in [0.15, 0.2) is 84.6 Å². The minimum absolute atomic E-state index is 0.352. The normalized spacial score (nSPS) is 18.7. The van der Waals surface area contributed by atoms with E-state index in [1.54, 1.807) is 0 Å². The number of rotatable bonds is 1. The Bertz CT molecular complexity index is 973. The molecule has 0 bridgehead atoms. The minimum atomic E-state index is 0.352. The van der Waals surface area contributed by atoms with Crippen molar-refractivity contribution in [2.75, 3.05) is 0 Å². The number of hydrogen-bond donors (Lipinski definition) is 0. The summed E-state index contributed by atoms with van der Waals surface area (Å²) in [7, 11) is 0. The van der Waals surface area contributed by atoms with E-state index in [0.29, 0.717) is 5.92 Å². The molecule has 1 heterocycles. The molecule has 1 aliphatic heterocycles. The van der Waals surface area contributed by atoms with Gasteiger partial charge >= 0.3 is 0 Å². The van der Waals surface area contributed by atoms with Crippen molar-refractivity contribution >= 4 is 16.3 Å². The number of para-hydroxylation sites is 1. The van der Waals surface area contributed by atoms with Gasteiger partial charge in [-0.3, -0.25) is 0 Å². The topological polar surface area (TPSA) is 9.23 Å². The van der Waals surface area contributed by atoms with Crippen LogP contribution < -0.4 is 4.74 Å². The predicted octanol–water partition coefficient (Wildman–Crippen LogP) is 5.69. The van der Waals surface area contributed by atoms with Crippen molar-refractivity contribution in [3.8, 4) is 5.75 Å². The van der Waals surface area contributed by atoms with Crippen LogP contribution in [0.3, 0.4) is 0 Å². The molecule has 1 unspecified atom stereocenters. The molecule has 3 aromatic carbocycles. The first kappa shape index (κ1) is 12.7. The summed E-state index contributed by atoms with van der Waals surface area (Å²) in [5, 5.41) is 2.62. The van der Waals surface area contributed by atoms with Gasteiger partial charge in [0.25, 0.3) is 0 Å². The van der Waals surface area contributed by atoms with Crippen molar-refractivity contribution in [2.24, 2.45) is 0 Å². The third-order valence-electron chi connectivity index (χ3n) is 4.87. The highest BCUT2D eigenvalue weighted by atomic mass is 16.5. The van der Waals surface area contributed by atoms with Crippen LogP contribution in [0, 0.1) is 0 Å². The Labute approximate surface area is 135 Å². The molecule has 0 saturated heterocycles. The van der Waals surface area contributed by atoms with Gasteiger partial charge in [-0.2, -0.15) is 0 Å². The van der Waals surface area contributed by atoms with Crippen molar-refractivity contribution in [1.82, 2.24) is 0 Å². The van der Waals surface area contributed by atoms with Gasteiger partial charge in [-0.25, -0.2) is 0 Å². The number of allylic oxidation sites excluding steroid dienone is 4. The van der Waals surface area contributed by atoms with Gasteiger partial charge in [0.15, 0.2) is 0 Å². The Kier molecular flexibility index (Phi) is 2.68. The molecule has 0 fully saturated rings. The average Bonchev–Trinajstić information content (AvgIpc) is 2.99. The molecular formula is C22H16O. The number of benzene rings is 3. The van der Waals surface area contributed by atoms with Crippen LogP contribution in [0.1, 0.15) is 23.5 Å². The van der Waals surface area contributed by atoms with Gasteiger partial charge in [0.2, 0.25) is 0 Å². The second-order valence-electron chi connectivity index (χ2n) is 6.18. The van der Waals surface area contributed by atoms with E-state index in [4.69, 9.17) is 4.74 Å². The third-order valence-corrected chi connectivity index (χ3v) is 4.87. The van der Waals surface area contributed by atoms with E-state index < -0.39 is 0 Å². The SMILES string of the molecule is C1=C(c2cccc3ccccc23)CC2C(=C1)Oc1ccccc12. The smallest absolute Gasteiger partial charge is 0.130 e. The standard InChI is InChI=1S/C22H16O/c1-2-8-17-15(6-1)7-5-10-18(17)16-12-13-22-20(14-16)19-9-3-4-11-21(19)23-22/h1-13,20H,14H2. The summed E-state index contributed by atoms with van der Waals surface area (Å²) in [6.45, 7) is 0. The maximum atomic E-state index is 6.00. The summed E-state index contributed by atoms with van der Waals surface area (Å²) < 4.78 is 6.00. The van der Waals surface area contributed by atoms with Gasteiger partial charge in [0, 0.05) is 11.5 Å². The fraction of sp³-hybridized carbons (Fsp3) is 0.0909. The van der Waals surface area contributed by atoms with E-state index in [-0.39, 0.29) is 0 Å². The lowest BCUT2D eigenvalue weighted by molar-refractivity contribution is 0.426. The fourth-order valence-corrected chi connectivity index (χ4v) is 3.75. The Hall–Kier alpha value is -2.80. The summed E-state index contributed by atoms with van der Waals surface area (Å²) in [4.78, 5) is 0. The molecule has 0 saturated carbocycles. The van der Waals surface area contributed by atoms with Crippen LogP contribution in [-0.4, -0.2) is 0 Å². The molecule has 3 aromatic rings. The molecule has 23 heavy (non-hydrogen) atoms. The van der Waals surface area contributed by atoms with Crippen molar-refractivity contribution < 1.29 is 4.74 Å². The number of ether oxygens (including phenoxy) is 1. The van der Waals surface area contributed by atoms with Crippen LogP contribution in [0.5, 0.6) is 5.75 Å². The maximum Gasteiger partial charge on any atom is 0.130 e. The molecular weight excluding hydrogens is 280 g/mol. The fourth-order valence-electron chi connectivity index (χ4n) is 3.75. The summed E-state index contributed by atoms with van der Waals surface area (Å²) >= 11 is 0. The zero-order chi connectivity index (χ0) is 15.2. The average molecular weight is 296 g/mol. The van der Waals surface area contributed by atoms with E-state index in [1.165, 1.54) is 27.5 Å². The monoisotopic (exact) mass is 296 g/mol. The Morgan fingerprint density at radius 3 is 2.61 bits per heavy atom. The molecule has 0 aromatic heterocycles. The summed E-state index contributed by atoms with van der Waals surface area (Å²) in [5.74, 6) is 2.44. The van der Waals surface area contributed by atoms with Gasteiger partial charge < -0.3 is 4.74 Å². The predicted molar refractivity (Wildman–Crippen MR) is 94.4 cm³/mol. The molecule has 2 aliphatic rings. The summed E-state index contributed by atoms with van der Waals surface area (Å²) in [6, 6.07) is 23.5. The first-order chi connectivity index (χ1) is 11.4. The molecule has 0 amide bonds. The molecule has 1 heteroatoms. The second kappa shape index (κ2) is 4.85. The zero-order valence-corrected chi connectivity index (χ0v) is 12.7. The molecule has 5 rings (SSSR count).